The molecule has 0 spiro atoms. The molecular formula is C16H27NS. The van der Waals surface area contributed by atoms with Crippen LogP contribution in [0.15, 0.2) is 30.3 Å². The van der Waals surface area contributed by atoms with Crippen molar-refractivity contribution >= 4 is 11.8 Å². The molecule has 0 radical (unpaired) electrons. The normalized spacial score (nSPS) is 14.4. The highest BCUT2D eigenvalue weighted by Gasteiger charge is 2.07. The Morgan fingerprint density at radius 2 is 1.72 bits per heavy atom. The van der Waals surface area contributed by atoms with Crippen LogP contribution in [0.2, 0.25) is 0 Å². The van der Waals surface area contributed by atoms with E-state index in [0.717, 1.165) is 0 Å². The van der Waals surface area contributed by atoms with Crippen molar-refractivity contribution in [1.82, 2.24) is 5.32 Å². The summed E-state index contributed by atoms with van der Waals surface area (Å²) in [5.74, 6) is 2.51. The van der Waals surface area contributed by atoms with Crippen LogP contribution < -0.4 is 5.32 Å². The van der Waals surface area contributed by atoms with Crippen molar-refractivity contribution in [2.75, 3.05) is 11.5 Å². The molecule has 1 nitrogen and oxygen atoms in total. The van der Waals surface area contributed by atoms with Gasteiger partial charge in [-0.3, -0.25) is 0 Å². The second-order valence-corrected chi connectivity index (χ2v) is 6.37. The maximum atomic E-state index is 3.70. The molecule has 0 aliphatic rings. The first kappa shape index (κ1) is 15.6. The summed E-state index contributed by atoms with van der Waals surface area (Å²) in [6.07, 6.45) is 3.66. The van der Waals surface area contributed by atoms with Crippen LogP contribution in [0.1, 0.15) is 39.2 Å². The summed E-state index contributed by atoms with van der Waals surface area (Å²) < 4.78 is 0. The standard InChI is InChI=1S/C16H27NS/c1-4-18-13-12-15(3)17-14(2)10-11-16-8-6-5-7-9-16/h5-9,14-15,17H,4,10-13H2,1-3H3. The summed E-state index contributed by atoms with van der Waals surface area (Å²) in [5, 5.41) is 3.70. The third-order valence-corrected chi connectivity index (χ3v) is 4.11. The molecule has 0 saturated carbocycles. The third-order valence-electron chi connectivity index (χ3n) is 3.18. The SMILES string of the molecule is CCSCCC(C)NC(C)CCc1ccccc1. The van der Waals surface area contributed by atoms with Crippen LogP contribution in [-0.2, 0) is 6.42 Å². The summed E-state index contributed by atoms with van der Waals surface area (Å²) in [6, 6.07) is 12.0. The van der Waals surface area contributed by atoms with E-state index >= 15 is 0 Å². The molecule has 1 aromatic carbocycles. The molecule has 0 aliphatic carbocycles. The number of benzene rings is 1. The van der Waals surface area contributed by atoms with Crippen LogP contribution in [0, 0.1) is 0 Å². The molecule has 1 N–H and O–H groups in total. The molecule has 0 aliphatic heterocycles. The average Bonchev–Trinajstić information content (AvgIpc) is 2.38. The smallest absolute Gasteiger partial charge is 0.00490 e. The van der Waals surface area contributed by atoms with Gasteiger partial charge in [0.25, 0.3) is 0 Å². The van der Waals surface area contributed by atoms with Crippen LogP contribution in [-0.4, -0.2) is 23.6 Å². The second-order valence-electron chi connectivity index (χ2n) is 4.98. The largest absolute Gasteiger partial charge is 0.312 e. The minimum Gasteiger partial charge on any atom is -0.312 e. The summed E-state index contributed by atoms with van der Waals surface area (Å²) >= 11 is 2.03. The summed E-state index contributed by atoms with van der Waals surface area (Å²) in [4.78, 5) is 0. The highest BCUT2D eigenvalue weighted by molar-refractivity contribution is 7.99. The predicted molar refractivity (Wildman–Crippen MR) is 84.4 cm³/mol. The Balaban J connectivity index is 2.15. The van der Waals surface area contributed by atoms with Crippen LogP contribution >= 0.6 is 11.8 Å². The molecule has 1 aromatic rings. The zero-order valence-corrected chi connectivity index (χ0v) is 12.8. The third kappa shape index (κ3) is 7.07. The van der Waals surface area contributed by atoms with Crippen molar-refractivity contribution in [2.24, 2.45) is 0 Å². The molecule has 0 aromatic heterocycles. The number of rotatable bonds is 9. The number of hydrogen-bond donors (Lipinski definition) is 1. The van der Waals surface area contributed by atoms with Crippen molar-refractivity contribution in [3.05, 3.63) is 35.9 Å². The number of thioether (sulfide) groups is 1. The van der Waals surface area contributed by atoms with Crippen LogP contribution in [0.3, 0.4) is 0 Å². The lowest BCUT2D eigenvalue weighted by Crippen LogP contribution is -2.35. The van der Waals surface area contributed by atoms with E-state index in [-0.39, 0.29) is 0 Å². The van der Waals surface area contributed by atoms with Crippen molar-refractivity contribution in [3.8, 4) is 0 Å². The molecule has 0 fully saturated rings. The van der Waals surface area contributed by atoms with Crippen molar-refractivity contribution < 1.29 is 0 Å². The maximum absolute atomic E-state index is 3.70. The lowest BCUT2D eigenvalue weighted by molar-refractivity contribution is 0.440. The van der Waals surface area contributed by atoms with Gasteiger partial charge in [0.1, 0.15) is 0 Å². The van der Waals surface area contributed by atoms with Gasteiger partial charge in [-0.15, -0.1) is 0 Å². The lowest BCUT2D eigenvalue weighted by atomic mass is 10.1. The van der Waals surface area contributed by atoms with E-state index in [1.165, 1.54) is 36.3 Å². The van der Waals surface area contributed by atoms with Gasteiger partial charge < -0.3 is 5.32 Å². The Morgan fingerprint density at radius 3 is 2.39 bits per heavy atom. The van der Waals surface area contributed by atoms with E-state index in [2.05, 4.69) is 56.4 Å². The number of hydrogen-bond acceptors (Lipinski definition) is 2. The van der Waals surface area contributed by atoms with Gasteiger partial charge in [-0.25, -0.2) is 0 Å². The zero-order chi connectivity index (χ0) is 13.2. The highest BCUT2D eigenvalue weighted by Crippen LogP contribution is 2.08. The first-order valence-corrected chi connectivity index (χ1v) is 8.25. The van der Waals surface area contributed by atoms with E-state index in [1.54, 1.807) is 0 Å². The summed E-state index contributed by atoms with van der Waals surface area (Å²) in [6.45, 7) is 6.83. The van der Waals surface area contributed by atoms with Gasteiger partial charge in [0.15, 0.2) is 0 Å². The molecule has 18 heavy (non-hydrogen) atoms. The zero-order valence-electron chi connectivity index (χ0n) is 12.0. The Hall–Kier alpha value is -0.470. The van der Waals surface area contributed by atoms with Gasteiger partial charge in [-0.2, -0.15) is 11.8 Å². The fourth-order valence-corrected chi connectivity index (χ4v) is 2.89. The molecule has 2 heteroatoms. The van der Waals surface area contributed by atoms with Gasteiger partial charge in [0.05, 0.1) is 0 Å². The number of nitrogens with one attached hydrogen (secondary N) is 1. The molecule has 0 bridgehead atoms. The molecule has 102 valence electrons. The van der Waals surface area contributed by atoms with Gasteiger partial charge in [-0.05, 0) is 50.2 Å². The van der Waals surface area contributed by atoms with E-state index in [9.17, 15) is 0 Å². The minimum absolute atomic E-state index is 0.604. The Labute approximate surface area is 117 Å². The van der Waals surface area contributed by atoms with Gasteiger partial charge >= 0.3 is 0 Å². The Morgan fingerprint density at radius 1 is 1.06 bits per heavy atom. The van der Waals surface area contributed by atoms with Gasteiger partial charge in [-0.1, -0.05) is 37.3 Å². The Bertz CT molecular complexity index is 299. The first-order chi connectivity index (χ1) is 8.72. The monoisotopic (exact) mass is 265 g/mol. The molecule has 2 atom stereocenters. The molecule has 0 heterocycles. The van der Waals surface area contributed by atoms with Crippen LogP contribution in [0.4, 0.5) is 0 Å². The van der Waals surface area contributed by atoms with Crippen molar-refractivity contribution in [3.63, 3.8) is 0 Å². The molecule has 1 rings (SSSR count). The molecule has 0 amide bonds. The highest BCUT2D eigenvalue weighted by atomic mass is 32.2. The minimum atomic E-state index is 0.604. The first-order valence-electron chi connectivity index (χ1n) is 7.10. The van der Waals surface area contributed by atoms with E-state index in [0.29, 0.717) is 12.1 Å². The lowest BCUT2D eigenvalue weighted by Gasteiger charge is -2.20. The van der Waals surface area contributed by atoms with Gasteiger partial charge in [0, 0.05) is 12.1 Å². The maximum Gasteiger partial charge on any atom is 0.00490 e. The van der Waals surface area contributed by atoms with E-state index in [1.807, 2.05) is 11.8 Å². The second kappa shape index (κ2) is 9.46. The van der Waals surface area contributed by atoms with E-state index in [4.69, 9.17) is 0 Å². The van der Waals surface area contributed by atoms with E-state index < -0.39 is 0 Å². The van der Waals surface area contributed by atoms with Crippen molar-refractivity contribution in [2.45, 2.75) is 52.1 Å². The topological polar surface area (TPSA) is 12.0 Å². The summed E-state index contributed by atoms with van der Waals surface area (Å²) in [7, 11) is 0. The average molecular weight is 265 g/mol. The fraction of sp³-hybridized carbons (Fsp3) is 0.625. The van der Waals surface area contributed by atoms with Crippen molar-refractivity contribution in [1.29, 1.82) is 0 Å². The van der Waals surface area contributed by atoms with Gasteiger partial charge in [0.2, 0.25) is 0 Å². The molecular weight excluding hydrogens is 238 g/mol. The fourth-order valence-electron chi connectivity index (χ4n) is 2.08. The Kier molecular flexibility index (Phi) is 8.19. The van der Waals surface area contributed by atoms with Crippen LogP contribution in [0.25, 0.3) is 0 Å². The molecule has 0 saturated heterocycles. The number of aryl methyl sites for hydroxylation is 1. The predicted octanol–water partition coefficient (Wildman–Crippen LogP) is 4.13. The molecule has 2 unspecified atom stereocenters. The quantitative estimate of drug-likeness (QED) is 0.674. The van der Waals surface area contributed by atoms with Crippen LogP contribution in [0.5, 0.6) is 0 Å². The summed E-state index contributed by atoms with van der Waals surface area (Å²) in [5.41, 5.74) is 1.44.